The van der Waals surface area contributed by atoms with Crippen molar-refractivity contribution in [1.29, 1.82) is 0 Å². The second kappa shape index (κ2) is 10.7. The van der Waals surface area contributed by atoms with E-state index in [0.717, 1.165) is 11.1 Å². The molecule has 0 aliphatic carbocycles. The topological polar surface area (TPSA) is 122 Å². The third-order valence-corrected chi connectivity index (χ3v) is 5.67. The normalized spacial score (nSPS) is 14.9. The van der Waals surface area contributed by atoms with Crippen molar-refractivity contribution in [3.63, 3.8) is 0 Å². The lowest BCUT2D eigenvalue weighted by Crippen LogP contribution is -2.53. The van der Waals surface area contributed by atoms with Crippen molar-refractivity contribution >= 4 is 23.4 Å². The van der Waals surface area contributed by atoms with Gasteiger partial charge in [-0.25, -0.2) is 0 Å². The molecule has 2 N–H and O–H groups in total. The first-order valence-electron chi connectivity index (χ1n) is 10.9. The van der Waals surface area contributed by atoms with Crippen molar-refractivity contribution in [3.05, 3.63) is 75.3 Å². The Kier molecular flexibility index (Phi) is 7.76. The van der Waals surface area contributed by atoms with Crippen LogP contribution in [-0.2, 0) is 16.0 Å². The molecule has 33 heavy (non-hydrogen) atoms. The minimum atomic E-state index is -0.677. The fourth-order valence-corrected chi connectivity index (χ4v) is 3.97. The van der Waals surface area contributed by atoms with E-state index in [4.69, 9.17) is 0 Å². The molecule has 1 saturated heterocycles. The van der Waals surface area contributed by atoms with Crippen LogP contribution in [0.25, 0.3) is 0 Å². The Morgan fingerprint density at radius 1 is 1.12 bits per heavy atom. The van der Waals surface area contributed by atoms with Crippen LogP contribution in [0.2, 0.25) is 0 Å². The van der Waals surface area contributed by atoms with Gasteiger partial charge in [0.1, 0.15) is 6.04 Å². The summed E-state index contributed by atoms with van der Waals surface area (Å²) in [6, 6.07) is 12.6. The van der Waals surface area contributed by atoms with Gasteiger partial charge in [0, 0.05) is 50.2 Å². The first-order chi connectivity index (χ1) is 15.7. The maximum atomic E-state index is 12.9. The van der Waals surface area contributed by atoms with Gasteiger partial charge in [0.2, 0.25) is 11.8 Å². The zero-order chi connectivity index (χ0) is 24.0. The number of nitro benzene ring substituents is 1. The average molecular weight is 453 g/mol. The zero-order valence-corrected chi connectivity index (χ0v) is 18.7. The number of carbonyl (C=O) groups is 3. The van der Waals surface area contributed by atoms with Crippen LogP contribution >= 0.6 is 0 Å². The van der Waals surface area contributed by atoms with Crippen LogP contribution in [-0.4, -0.2) is 52.7 Å². The molecule has 174 valence electrons. The molecule has 0 spiro atoms. The Labute approximate surface area is 192 Å². The second-order valence-electron chi connectivity index (χ2n) is 8.33. The summed E-state index contributed by atoms with van der Waals surface area (Å²) >= 11 is 0. The molecular formula is C24H28N4O5. The summed E-state index contributed by atoms with van der Waals surface area (Å²) in [5.41, 5.74) is 2.38. The Hall–Kier alpha value is -3.75. The molecule has 0 unspecified atom stereocenters. The maximum absolute atomic E-state index is 12.9. The minimum absolute atomic E-state index is 0.0626. The number of nitrogens with zero attached hydrogens (tertiary/aromatic N) is 2. The Balaban J connectivity index is 1.55. The quantitative estimate of drug-likeness (QED) is 0.493. The lowest BCUT2D eigenvalue weighted by atomic mass is 10.0. The van der Waals surface area contributed by atoms with Gasteiger partial charge in [-0.2, -0.15) is 0 Å². The highest BCUT2D eigenvalue weighted by molar-refractivity contribution is 5.94. The number of rotatable bonds is 7. The van der Waals surface area contributed by atoms with E-state index < -0.39 is 11.0 Å². The van der Waals surface area contributed by atoms with Crippen LogP contribution in [0, 0.1) is 17.0 Å². The molecule has 2 aromatic rings. The number of aryl methyl sites for hydroxylation is 1. The van der Waals surface area contributed by atoms with Crippen molar-refractivity contribution in [2.75, 3.05) is 13.1 Å². The number of hydrogen-bond donors (Lipinski definition) is 2. The van der Waals surface area contributed by atoms with Crippen molar-refractivity contribution in [3.8, 4) is 0 Å². The standard InChI is InChI=1S/C24H28N4O5/c1-16-4-3-5-18(14-16)15-22(25-17(2)29)23(30)26-20-10-12-27(13-11-20)24(31)19-6-8-21(9-7-19)28(32)33/h3-9,14,20,22H,10-13,15H2,1-2H3,(H,25,29)(H,26,30)/t22-/m1/s1. The lowest BCUT2D eigenvalue weighted by Gasteiger charge is -2.33. The zero-order valence-electron chi connectivity index (χ0n) is 18.7. The fourth-order valence-electron chi connectivity index (χ4n) is 3.97. The van der Waals surface area contributed by atoms with Gasteiger partial charge < -0.3 is 15.5 Å². The first-order valence-corrected chi connectivity index (χ1v) is 10.9. The number of benzene rings is 2. The number of amides is 3. The summed E-state index contributed by atoms with van der Waals surface area (Å²) < 4.78 is 0. The summed E-state index contributed by atoms with van der Waals surface area (Å²) in [4.78, 5) is 49.2. The Bertz CT molecular complexity index is 1030. The summed E-state index contributed by atoms with van der Waals surface area (Å²) in [6.07, 6.45) is 1.56. The number of piperidine rings is 1. The van der Waals surface area contributed by atoms with Crippen molar-refractivity contribution in [2.45, 2.75) is 45.2 Å². The minimum Gasteiger partial charge on any atom is -0.351 e. The van der Waals surface area contributed by atoms with Crippen LogP contribution in [0.15, 0.2) is 48.5 Å². The summed E-state index contributed by atoms with van der Waals surface area (Å²) in [7, 11) is 0. The number of hydrogen-bond acceptors (Lipinski definition) is 5. The smallest absolute Gasteiger partial charge is 0.269 e. The summed E-state index contributed by atoms with van der Waals surface area (Å²) in [5.74, 6) is -0.705. The molecular weight excluding hydrogens is 424 g/mol. The van der Waals surface area contributed by atoms with E-state index in [2.05, 4.69) is 10.6 Å². The highest BCUT2D eigenvalue weighted by Crippen LogP contribution is 2.17. The molecule has 1 aliphatic rings. The van der Waals surface area contributed by atoms with Gasteiger partial charge in [-0.1, -0.05) is 29.8 Å². The molecule has 3 rings (SSSR count). The molecule has 0 bridgehead atoms. The number of non-ortho nitro benzene ring substituents is 1. The molecule has 2 aromatic carbocycles. The van der Waals surface area contributed by atoms with Gasteiger partial charge >= 0.3 is 0 Å². The van der Waals surface area contributed by atoms with E-state index >= 15 is 0 Å². The molecule has 0 saturated carbocycles. The molecule has 1 heterocycles. The predicted octanol–water partition coefficient (Wildman–Crippen LogP) is 2.37. The average Bonchev–Trinajstić information content (AvgIpc) is 2.78. The van der Waals surface area contributed by atoms with Gasteiger partial charge in [0.15, 0.2) is 0 Å². The van der Waals surface area contributed by atoms with Gasteiger partial charge in [-0.15, -0.1) is 0 Å². The molecule has 9 heteroatoms. The number of nitro groups is 1. The van der Waals surface area contributed by atoms with E-state index in [0.29, 0.717) is 37.9 Å². The van der Waals surface area contributed by atoms with Gasteiger partial charge in [-0.05, 0) is 37.5 Å². The van der Waals surface area contributed by atoms with Crippen LogP contribution in [0.3, 0.4) is 0 Å². The molecule has 1 fully saturated rings. The largest absolute Gasteiger partial charge is 0.351 e. The third-order valence-electron chi connectivity index (χ3n) is 5.67. The highest BCUT2D eigenvalue weighted by atomic mass is 16.6. The van der Waals surface area contributed by atoms with E-state index in [1.807, 2.05) is 31.2 Å². The third kappa shape index (κ3) is 6.61. The number of nitrogens with one attached hydrogen (secondary N) is 2. The molecule has 1 atom stereocenters. The highest BCUT2D eigenvalue weighted by Gasteiger charge is 2.27. The van der Waals surface area contributed by atoms with Crippen molar-refractivity contribution < 1.29 is 19.3 Å². The van der Waals surface area contributed by atoms with E-state index in [1.165, 1.54) is 31.2 Å². The van der Waals surface area contributed by atoms with E-state index in [-0.39, 0.29) is 29.5 Å². The van der Waals surface area contributed by atoms with E-state index in [1.54, 1.807) is 4.90 Å². The van der Waals surface area contributed by atoms with Crippen LogP contribution in [0.1, 0.15) is 41.3 Å². The lowest BCUT2D eigenvalue weighted by molar-refractivity contribution is -0.384. The molecule has 0 aromatic heterocycles. The van der Waals surface area contributed by atoms with Gasteiger partial charge in [-0.3, -0.25) is 24.5 Å². The fraction of sp³-hybridized carbons (Fsp3) is 0.375. The Morgan fingerprint density at radius 3 is 2.36 bits per heavy atom. The van der Waals surface area contributed by atoms with Gasteiger partial charge in [0.25, 0.3) is 11.6 Å². The molecule has 0 radical (unpaired) electrons. The van der Waals surface area contributed by atoms with Crippen molar-refractivity contribution in [1.82, 2.24) is 15.5 Å². The van der Waals surface area contributed by atoms with Crippen LogP contribution in [0.5, 0.6) is 0 Å². The van der Waals surface area contributed by atoms with E-state index in [9.17, 15) is 24.5 Å². The van der Waals surface area contributed by atoms with Gasteiger partial charge in [0.05, 0.1) is 4.92 Å². The SMILES string of the molecule is CC(=O)N[C@H](Cc1cccc(C)c1)C(=O)NC1CCN(C(=O)c2ccc([N+](=O)[O-])cc2)CC1. The monoisotopic (exact) mass is 452 g/mol. The summed E-state index contributed by atoms with van der Waals surface area (Å²) in [6.45, 7) is 4.29. The summed E-state index contributed by atoms with van der Waals surface area (Å²) in [5, 5.41) is 16.5. The van der Waals surface area contributed by atoms with Crippen LogP contribution < -0.4 is 10.6 Å². The predicted molar refractivity (Wildman–Crippen MR) is 123 cm³/mol. The molecule has 1 aliphatic heterocycles. The molecule has 3 amide bonds. The number of likely N-dealkylation sites (tertiary alicyclic amines) is 1. The first kappa shape index (κ1) is 23.9. The number of carbonyl (C=O) groups excluding carboxylic acids is 3. The second-order valence-corrected chi connectivity index (χ2v) is 8.33. The van der Waals surface area contributed by atoms with Crippen molar-refractivity contribution in [2.24, 2.45) is 0 Å². The Morgan fingerprint density at radius 2 is 1.79 bits per heavy atom. The molecule has 9 nitrogen and oxygen atoms in total. The maximum Gasteiger partial charge on any atom is 0.269 e. The van der Waals surface area contributed by atoms with Crippen LogP contribution in [0.4, 0.5) is 5.69 Å².